The molecular formula is C16H13N3O. The molecule has 3 aromatic rings. The van der Waals surface area contributed by atoms with Crippen molar-refractivity contribution in [2.75, 3.05) is 0 Å². The van der Waals surface area contributed by atoms with Crippen molar-refractivity contribution in [2.24, 2.45) is 0 Å². The van der Waals surface area contributed by atoms with Gasteiger partial charge in [0, 0.05) is 12.3 Å². The number of benzene rings is 1. The number of nitrogens with one attached hydrogen (secondary N) is 1. The molecule has 3 rings (SSSR count). The first-order valence-corrected chi connectivity index (χ1v) is 6.29. The Balaban J connectivity index is 1.90. The van der Waals surface area contributed by atoms with Crippen LogP contribution in [0.1, 0.15) is 11.3 Å². The van der Waals surface area contributed by atoms with Crippen molar-refractivity contribution >= 4 is 12.2 Å². The fourth-order valence-electron chi connectivity index (χ4n) is 1.91. The van der Waals surface area contributed by atoms with Gasteiger partial charge in [-0.2, -0.15) is 0 Å². The highest BCUT2D eigenvalue weighted by atomic mass is 16.1. The molecule has 4 nitrogen and oxygen atoms in total. The predicted molar refractivity (Wildman–Crippen MR) is 79.6 cm³/mol. The molecule has 0 bridgehead atoms. The van der Waals surface area contributed by atoms with E-state index in [1.807, 2.05) is 54.6 Å². The summed E-state index contributed by atoms with van der Waals surface area (Å²) < 4.78 is 1.42. The fourth-order valence-corrected chi connectivity index (χ4v) is 1.91. The molecule has 1 aromatic carbocycles. The van der Waals surface area contributed by atoms with Gasteiger partial charge in [0.05, 0.1) is 5.69 Å². The van der Waals surface area contributed by atoms with Gasteiger partial charge >= 0.3 is 0 Å². The lowest BCUT2D eigenvalue weighted by Crippen LogP contribution is -2.14. The Morgan fingerprint density at radius 2 is 1.80 bits per heavy atom. The maximum absolute atomic E-state index is 11.9. The van der Waals surface area contributed by atoms with Crippen LogP contribution in [0, 0.1) is 0 Å². The van der Waals surface area contributed by atoms with Crippen LogP contribution in [0.15, 0.2) is 65.6 Å². The summed E-state index contributed by atoms with van der Waals surface area (Å²) in [5, 5.41) is 3.02. The van der Waals surface area contributed by atoms with E-state index in [2.05, 4.69) is 10.1 Å². The Bertz CT molecular complexity index is 770. The molecule has 0 fully saturated rings. The van der Waals surface area contributed by atoms with E-state index in [9.17, 15) is 4.79 Å². The summed E-state index contributed by atoms with van der Waals surface area (Å²) in [6.45, 7) is 0. The summed E-state index contributed by atoms with van der Waals surface area (Å²) in [4.78, 5) is 16.1. The maximum Gasteiger partial charge on any atom is 0.273 e. The minimum Gasteiger partial charge on any atom is -0.289 e. The SMILES string of the molecule is O=c1cc(C=Cc2ccccc2)[nH]n1-c1ccccn1. The molecule has 4 heteroatoms. The average molecular weight is 263 g/mol. The van der Waals surface area contributed by atoms with Crippen molar-refractivity contribution in [1.82, 2.24) is 14.8 Å². The summed E-state index contributed by atoms with van der Waals surface area (Å²) >= 11 is 0. The minimum absolute atomic E-state index is 0.128. The number of nitrogens with zero attached hydrogens (tertiary/aromatic N) is 2. The fraction of sp³-hybridized carbons (Fsp3) is 0. The smallest absolute Gasteiger partial charge is 0.273 e. The number of hydrogen-bond donors (Lipinski definition) is 1. The quantitative estimate of drug-likeness (QED) is 0.790. The zero-order chi connectivity index (χ0) is 13.8. The number of hydrogen-bond acceptors (Lipinski definition) is 2. The third-order valence-corrected chi connectivity index (χ3v) is 2.87. The molecule has 20 heavy (non-hydrogen) atoms. The largest absolute Gasteiger partial charge is 0.289 e. The second-order valence-corrected chi connectivity index (χ2v) is 4.32. The van der Waals surface area contributed by atoms with Crippen LogP contribution < -0.4 is 5.56 Å². The van der Waals surface area contributed by atoms with Gasteiger partial charge in [0.15, 0.2) is 5.82 Å². The van der Waals surface area contributed by atoms with Gasteiger partial charge in [-0.1, -0.05) is 42.5 Å². The molecule has 0 aliphatic carbocycles. The molecule has 0 unspecified atom stereocenters. The number of aromatic nitrogens is 3. The van der Waals surface area contributed by atoms with Crippen LogP contribution in [0.25, 0.3) is 18.0 Å². The summed E-state index contributed by atoms with van der Waals surface area (Å²) in [5.74, 6) is 0.580. The molecule has 2 heterocycles. The van der Waals surface area contributed by atoms with Crippen molar-refractivity contribution in [2.45, 2.75) is 0 Å². The van der Waals surface area contributed by atoms with Crippen molar-refractivity contribution in [3.63, 3.8) is 0 Å². The van der Waals surface area contributed by atoms with Crippen LogP contribution in [0.4, 0.5) is 0 Å². The summed E-state index contributed by atoms with van der Waals surface area (Å²) in [7, 11) is 0. The van der Waals surface area contributed by atoms with Gasteiger partial charge in [-0.05, 0) is 23.8 Å². The predicted octanol–water partition coefficient (Wildman–Crippen LogP) is 2.73. The van der Waals surface area contributed by atoms with Crippen molar-refractivity contribution < 1.29 is 0 Å². The van der Waals surface area contributed by atoms with Crippen LogP contribution >= 0.6 is 0 Å². The molecule has 98 valence electrons. The lowest BCUT2D eigenvalue weighted by Gasteiger charge is -1.98. The van der Waals surface area contributed by atoms with E-state index in [0.29, 0.717) is 5.82 Å². The Morgan fingerprint density at radius 3 is 2.55 bits per heavy atom. The molecule has 2 aromatic heterocycles. The van der Waals surface area contributed by atoms with Gasteiger partial charge in [0.1, 0.15) is 0 Å². The first-order valence-electron chi connectivity index (χ1n) is 6.29. The van der Waals surface area contributed by atoms with Crippen LogP contribution in [-0.2, 0) is 0 Å². The van der Waals surface area contributed by atoms with E-state index in [-0.39, 0.29) is 5.56 Å². The van der Waals surface area contributed by atoms with Crippen molar-refractivity contribution in [3.05, 3.63) is 82.4 Å². The lowest BCUT2D eigenvalue weighted by molar-refractivity contribution is 0.816. The van der Waals surface area contributed by atoms with E-state index < -0.39 is 0 Å². The van der Waals surface area contributed by atoms with Crippen molar-refractivity contribution in [3.8, 4) is 5.82 Å². The normalized spacial score (nSPS) is 11.0. The van der Waals surface area contributed by atoms with E-state index in [4.69, 9.17) is 0 Å². The molecule has 0 atom stereocenters. The third kappa shape index (κ3) is 2.59. The molecule has 0 saturated heterocycles. The molecule has 0 spiro atoms. The highest BCUT2D eigenvalue weighted by molar-refractivity contribution is 5.67. The Hall–Kier alpha value is -2.88. The lowest BCUT2D eigenvalue weighted by atomic mass is 10.2. The second-order valence-electron chi connectivity index (χ2n) is 4.32. The zero-order valence-electron chi connectivity index (χ0n) is 10.7. The van der Waals surface area contributed by atoms with E-state index in [1.165, 1.54) is 4.68 Å². The Labute approximate surface area is 116 Å². The second kappa shape index (κ2) is 5.40. The third-order valence-electron chi connectivity index (χ3n) is 2.87. The van der Waals surface area contributed by atoms with Gasteiger partial charge < -0.3 is 0 Å². The number of pyridine rings is 1. The zero-order valence-corrected chi connectivity index (χ0v) is 10.7. The number of H-pyrrole nitrogens is 1. The average Bonchev–Trinajstić information content (AvgIpc) is 2.88. The molecule has 0 aliphatic heterocycles. The highest BCUT2D eigenvalue weighted by Crippen LogP contribution is 2.06. The van der Waals surface area contributed by atoms with Crippen LogP contribution in [-0.4, -0.2) is 14.8 Å². The maximum atomic E-state index is 11.9. The Kier molecular flexibility index (Phi) is 3.29. The summed E-state index contributed by atoms with van der Waals surface area (Å²) in [5.41, 5.74) is 1.69. The first kappa shape index (κ1) is 12.2. The molecular weight excluding hydrogens is 250 g/mol. The standard InChI is InChI=1S/C16H13N3O/c20-16-12-14(10-9-13-6-2-1-3-7-13)18-19(16)15-8-4-5-11-17-15/h1-12,18H. The van der Waals surface area contributed by atoms with Gasteiger partial charge in [0.2, 0.25) is 0 Å². The van der Waals surface area contributed by atoms with Crippen molar-refractivity contribution in [1.29, 1.82) is 0 Å². The minimum atomic E-state index is -0.128. The van der Waals surface area contributed by atoms with Crippen LogP contribution in [0.5, 0.6) is 0 Å². The monoisotopic (exact) mass is 263 g/mol. The number of rotatable bonds is 3. The topological polar surface area (TPSA) is 50.7 Å². The first-order chi connectivity index (χ1) is 9.83. The van der Waals surface area contributed by atoms with Crippen LogP contribution in [0.2, 0.25) is 0 Å². The Morgan fingerprint density at radius 1 is 1.00 bits per heavy atom. The summed E-state index contributed by atoms with van der Waals surface area (Å²) in [6, 6.07) is 16.9. The molecule has 1 N–H and O–H groups in total. The number of aromatic amines is 1. The molecule has 0 aliphatic rings. The van der Waals surface area contributed by atoms with Gasteiger partial charge in [0.25, 0.3) is 5.56 Å². The van der Waals surface area contributed by atoms with E-state index >= 15 is 0 Å². The van der Waals surface area contributed by atoms with E-state index in [1.54, 1.807) is 18.3 Å². The molecule has 0 radical (unpaired) electrons. The van der Waals surface area contributed by atoms with Gasteiger partial charge in [-0.25, -0.2) is 9.67 Å². The van der Waals surface area contributed by atoms with Gasteiger partial charge in [-0.3, -0.25) is 9.89 Å². The highest BCUT2D eigenvalue weighted by Gasteiger charge is 2.03. The van der Waals surface area contributed by atoms with Crippen LogP contribution in [0.3, 0.4) is 0 Å². The molecule has 0 saturated carbocycles. The van der Waals surface area contributed by atoms with E-state index in [0.717, 1.165) is 11.3 Å². The van der Waals surface area contributed by atoms with Gasteiger partial charge in [-0.15, -0.1) is 0 Å². The molecule has 0 amide bonds. The summed E-state index contributed by atoms with van der Waals surface area (Å²) in [6.07, 6.45) is 5.48.